The summed E-state index contributed by atoms with van der Waals surface area (Å²) in [4.78, 5) is 8.72. The maximum absolute atomic E-state index is 9.41. The Morgan fingerprint density at radius 3 is 2.67 bits per heavy atom. The number of guanidine groups is 1. The molecule has 1 aromatic heterocycles. The number of hydrogen-bond acceptors (Lipinski definition) is 6. The zero-order chi connectivity index (χ0) is 22.7. The van der Waals surface area contributed by atoms with E-state index in [0.29, 0.717) is 50.3 Å². The number of rotatable bonds is 11. The van der Waals surface area contributed by atoms with E-state index in [2.05, 4.69) is 27.5 Å². The van der Waals surface area contributed by atoms with Crippen molar-refractivity contribution in [3.63, 3.8) is 0 Å². The molecular weight excluding hydrogens is 535 g/mol. The third-order valence-corrected chi connectivity index (χ3v) is 5.49. The second kappa shape index (κ2) is 14.2. The Kier molecular flexibility index (Phi) is 11.7. The van der Waals surface area contributed by atoms with Gasteiger partial charge in [0.25, 0.3) is 0 Å². The van der Waals surface area contributed by atoms with Crippen LogP contribution in [0.5, 0.6) is 17.4 Å². The van der Waals surface area contributed by atoms with Crippen LogP contribution in [0, 0.1) is 5.41 Å². The van der Waals surface area contributed by atoms with Crippen molar-refractivity contribution in [2.45, 2.75) is 32.7 Å². The van der Waals surface area contributed by atoms with E-state index in [-0.39, 0.29) is 36.0 Å². The molecule has 0 saturated carbocycles. The molecule has 1 fully saturated rings. The molecule has 2 heterocycles. The fourth-order valence-corrected chi connectivity index (χ4v) is 3.57. The third-order valence-electron chi connectivity index (χ3n) is 5.49. The van der Waals surface area contributed by atoms with Crippen LogP contribution in [0.15, 0.2) is 47.6 Å². The summed E-state index contributed by atoms with van der Waals surface area (Å²) in [6, 6.07) is 11.4. The minimum Gasteiger partial charge on any atom is -0.494 e. The first-order valence-corrected chi connectivity index (χ1v) is 11.2. The molecule has 0 aliphatic carbocycles. The quantitative estimate of drug-likeness (QED) is 0.215. The maximum atomic E-state index is 9.41. The van der Waals surface area contributed by atoms with Gasteiger partial charge < -0.3 is 30.0 Å². The Hall–Kier alpha value is -2.11. The van der Waals surface area contributed by atoms with E-state index in [1.165, 1.54) is 0 Å². The van der Waals surface area contributed by atoms with Crippen LogP contribution in [0.3, 0.4) is 0 Å². The van der Waals surface area contributed by atoms with E-state index in [4.69, 9.17) is 14.2 Å². The number of nitrogens with one attached hydrogen (secondary N) is 2. The van der Waals surface area contributed by atoms with E-state index in [1.54, 1.807) is 13.2 Å². The monoisotopic (exact) mass is 570 g/mol. The highest BCUT2D eigenvalue weighted by molar-refractivity contribution is 14.0. The van der Waals surface area contributed by atoms with Gasteiger partial charge in [0.05, 0.1) is 13.2 Å². The number of ether oxygens (including phenoxy) is 3. The zero-order valence-corrected chi connectivity index (χ0v) is 21.7. The molecular formula is C24H35IN4O4. The van der Waals surface area contributed by atoms with Gasteiger partial charge in [-0.3, -0.25) is 4.99 Å². The molecule has 33 heavy (non-hydrogen) atoms. The lowest BCUT2D eigenvalue weighted by atomic mass is 9.84. The summed E-state index contributed by atoms with van der Waals surface area (Å²) < 4.78 is 17.2. The first-order chi connectivity index (χ1) is 15.7. The maximum Gasteiger partial charge on any atom is 0.224 e. The lowest BCUT2D eigenvalue weighted by Crippen LogP contribution is -2.44. The van der Waals surface area contributed by atoms with Crippen molar-refractivity contribution in [2.24, 2.45) is 10.4 Å². The van der Waals surface area contributed by atoms with E-state index < -0.39 is 0 Å². The summed E-state index contributed by atoms with van der Waals surface area (Å²) in [7, 11) is 1.74. The molecule has 3 N–H and O–H groups in total. The highest BCUT2D eigenvalue weighted by Crippen LogP contribution is 2.31. The van der Waals surface area contributed by atoms with Crippen molar-refractivity contribution in [3.8, 4) is 17.4 Å². The minimum absolute atomic E-state index is 0. The predicted molar refractivity (Wildman–Crippen MR) is 140 cm³/mol. The number of hydrogen-bond donors (Lipinski definition) is 3. The lowest BCUT2D eigenvalue weighted by molar-refractivity contribution is 0.127. The van der Waals surface area contributed by atoms with Crippen LogP contribution in [0.25, 0.3) is 0 Å². The van der Waals surface area contributed by atoms with Gasteiger partial charge in [0.15, 0.2) is 5.96 Å². The Labute approximate surface area is 213 Å². The van der Waals surface area contributed by atoms with Gasteiger partial charge >= 0.3 is 0 Å². The molecule has 1 unspecified atom stereocenters. The van der Waals surface area contributed by atoms with Gasteiger partial charge in [0.1, 0.15) is 11.5 Å². The molecule has 1 aliphatic heterocycles. The number of aliphatic imine (C=N–C) groups is 1. The number of pyridine rings is 1. The standard InChI is InChI=1S/C24H34N4O4.HI/c1-3-14-31-20-6-8-21(9-7-20)32-22-19(5-4-12-26-22)16-27-23(25-2)28-17-24(10-13-29)11-15-30-18-24;/h4-9,12,29H,3,10-11,13-18H2,1-2H3,(H2,25,27,28);1H. The van der Waals surface area contributed by atoms with Crippen molar-refractivity contribution in [2.75, 3.05) is 40.0 Å². The van der Waals surface area contributed by atoms with E-state index >= 15 is 0 Å². The van der Waals surface area contributed by atoms with Crippen LogP contribution >= 0.6 is 24.0 Å². The van der Waals surface area contributed by atoms with E-state index in [1.807, 2.05) is 36.4 Å². The average Bonchev–Trinajstić information content (AvgIpc) is 3.28. The second-order valence-corrected chi connectivity index (χ2v) is 7.95. The minimum atomic E-state index is -0.0536. The van der Waals surface area contributed by atoms with Gasteiger partial charge in [-0.1, -0.05) is 13.0 Å². The van der Waals surface area contributed by atoms with Gasteiger partial charge in [-0.25, -0.2) is 4.98 Å². The van der Waals surface area contributed by atoms with E-state index in [0.717, 1.165) is 30.8 Å². The number of aliphatic hydroxyl groups excluding tert-OH is 1. The summed E-state index contributed by atoms with van der Waals surface area (Å²) >= 11 is 0. The van der Waals surface area contributed by atoms with Gasteiger partial charge in [-0.2, -0.15) is 0 Å². The fraction of sp³-hybridized carbons (Fsp3) is 0.500. The number of benzene rings is 1. The molecule has 2 aromatic rings. The predicted octanol–water partition coefficient (Wildman–Crippen LogP) is 3.73. The summed E-state index contributed by atoms with van der Waals surface area (Å²) in [5, 5.41) is 16.1. The second-order valence-electron chi connectivity index (χ2n) is 7.95. The molecule has 1 atom stereocenters. The topological polar surface area (TPSA) is 97.2 Å². The van der Waals surface area contributed by atoms with Gasteiger partial charge in [0.2, 0.25) is 5.88 Å². The average molecular weight is 570 g/mol. The molecule has 182 valence electrons. The smallest absolute Gasteiger partial charge is 0.224 e. The number of nitrogens with zero attached hydrogens (tertiary/aromatic N) is 2. The van der Waals surface area contributed by atoms with Crippen LogP contribution in [-0.2, 0) is 11.3 Å². The first-order valence-electron chi connectivity index (χ1n) is 11.2. The molecule has 1 aromatic carbocycles. The van der Waals surface area contributed by atoms with Crippen molar-refractivity contribution < 1.29 is 19.3 Å². The molecule has 0 radical (unpaired) electrons. The van der Waals surface area contributed by atoms with Crippen LogP contribution in [0.4, 0.5) is 0 Å². The largest absolute Gasteiger partial charge is 0.494 e. The molecule has 3 rings (SSSR count). The molecule has 0 spiro atoms. The van der Waals surface area contributed by atoms with Crippen LogP contribution in [0.2, 0.25) is 0 Å². The molecule has 1 saturated heterocycles. The highest BCUT2D eigenvalue weighted by Gasteiger charge is 2.34. The normalized spacial score (nSPS) is 17.8. The SMILES string of the molecule is CCCOc1ccc(Oc2ncccc2CNC(=NC)NCC2(CCO)CCOC2)cc1.I. The zero-order valence-electron chi connectivity index (χ0n) is 19.4. The fourth-order valence-electron chi connectivity index (χ4n) is 3.57. The number of halogens is 1. The Morgan fingerprint density at radius 1 is 1.21 bits per heavy atom. The molecule has 0 amide bonds. The van der Waals surface area contributed by atoms with Crippen molar-refractivity contribution >= 4 is 29.9 Å². The van der Waals surface area contributed by atoms with Crippen molar-refractivity contribution in [1.29, 1.82) is 0 Å². The number of aromatic nitrogens is 1. The Balaban J connectivity index is 0.00000385. The first kappa shape index (κ1) is 27.1. The summed E-state index contributed by atoms with van der Waals surface area (Å²) in [5.41, 5.74) is 0.859. The summed E-state index contributed by atoms with van der Waals surface area (Å²) in [5.74, 6) is 2.74. The third kappa shape index (κ3) is 8.31. The molecule has 9 heteroatoms. The van der Waals surface area contributed by atoms with Gasteiger partial charge in [-0.05, 0) is 49.6 Å². The van der Waals surface area contributed by atoms with E-state index in [9.17, 15) is 5.11 Å². The molecule has 1 aliphatic rings. The molecule has 0 bridgehead atoms. The van der Waals surface area contributed by atoms with Crippen LogP contribution in [0.1, 0.15) is 31.7 Å². The number of aliphatic hydroxyl groups is 1. The Bertz CT molecular complexity index is 858. The Morgan fingerprint density at radius 2 is 2.00 bits per heavy atom. The van der Waals surface area contributed by atoms with Gasteiger partial charge in [-0.15, -0.1) is 24.0 Å². The van der Waals surface area contributed by atoms with Crippen molar-refractivity contribution in [3.05, 3.63) is 48.2 Å². The summed E-state index contributed by atoms with van der Waals surface area (Å²) in [6.07, 6.45) is 4.32. The van der Waals surface area contributed by atoms with Gasteiger partial charge in [0, 0.05) is 50.5 Å². The van der Waals surface area contributed by atoms with Crippen LogP contribution < -0.4 is 20.1 Å². The molecule has 8 nitrogen and oxygen atoms in total. The summed E-state index contributed by atoms with van der Waals surface area (Å²) in [6.45, 7) is 5.50. The van der Waals surface area contributed by atoms with Crippen molar-refractivity contribution in [1.82, 2.24) is 15.6 Å². The highest BCUT2D eigenvalue weighted by atomic mass is 127. The lowest BCUT2D eigenvalue weighted by Gasteiger charge is -2.27. The van der Waals surface area contributed by atoms with Crippen LogP contribution in [-0.4, -0.2) is 56.1 Å².